The summed E-state index contributed by atoms with van der Waals surface area (Å²) in [7, 11) is 3.22. The van der Waals surface area contributed by atoms with Crippen molar-refractivity contribution in [2.45, 2.75) is 97.5 Å². The molecule has 2 aromatic carbocycles. The Kier molecular flexibility index (Phi) is 11.6. The second-order valence-electron chi connectivity index (χ2n) is 12.0. The lowest BCUT2D eigenvalue weighted by Gasteiger charge is -2.25. The maximum Gasteiger partial charge on any atom is 0.414 e. The Balaban J connectivity index is 2.34. The van der Waals surface area contributed by atoms with Gasteiger partial charge in [-0.25, -0.2) is 4.79 Å². The molecule has 3 amide bonds. The number of benzene rings is 2. The second kappa shape index (κ2) is 14.2. The van der Waals surface area contributed by atoms with Crippen molar-refractivity contribution in [2.75, 3.05) is 19.5 Å². The molecule has 40 heavy (non-hydrogen) atoms. The summed E-state index contributed by atoms with van der Waals surface area (Å²) in [5.41, 5.74) is 1.56. The van der Waals surface area contributed by atoms with E-state index in [4.69, 9.17) is 14.2 Å². The zero-order chi connectivity index (χ0) is 30.1. The number of carbonyl (C=O) groups excluding carboxylic acids is 3. The van der Waals surface area contributed by atoms with Gasteiger partial charge in [-0.05, 0) is 67.9 Å². The van der Waals surface area contributed by atoms with Gasteiger partial charge in [0.25, 0.3) is 5.91 Å². The fourth-order valence-electron chi connectivity index (χ4n) is 4.50. The molecule has 0 aliphatic carbocycles. The van der Waals surface area contributed by atoms with Crippen LogP contribution < -0.4 is 20.1 Å². The van der Waals surface area contributed by atoms with Gasteiger partial charge in [-0.3, -0.25) is 14.9 Å². The molecule has 0 heterocycles. The molecule has 1 unspecified atom stereocenters. The van der Waals surface area contributed by atoms with Crippen molar-refractivity contribution < 1.29 is 28.6 Å². The van der Waals surface area contributed by atoms with E-state index in [1.807, 2.05) is 45.0 Å². The lowest BCUT2D eigenvalue weighted by Crippen LogP contribution is -2.36. The third kappa shape index (κ3) is 9.88. The molecule has 2 aromatic rings. The maximum absolute atomic E-state index is 13.5. The predicted octanol–water partition coefficient (Wildman–Crippen LogP) is 7.36. The van der Waals surface area contributed by atoms with Gasteiger partial charge < -0.3 is 19.5 Å². The Bertz CT molecular complexity index is 1180. The summed E-state index contributed by atoms with van der Waals surface area (Å²) in [4.78, 5) is 38.5. The lowest BCUT2D eigenvalue weighted by atomic mass is 9.84. The Labute approximate surface area is 239 Å². The molecule has 0 aromatic heterocycles. The standard InChI is InChI=1S/C32H46N2O6/c1-10-11-12-13-21(24-16-15-23(38-8)20-27(24)39-9)19-28(35)33-26-18-22(14-17-25(26)31(2,3)4)29(36)34-30(37)40-32(5,6)7/h14-18,20-21H,10-13,19H2,1-9H3,(H,33,35)(H,34,36,37). The number of alkyl carbamates (subject to hydrolysis) is 1. The highest BCUT2D eigenvalue weighted by Crippen LogP contribution is 2.36. The maximum atomic E-state index is 13.5. The molecule has 0 saturated heterocycles. The molecule has 220 valence electrons. The molecule has 0 radical (unpaired) electrons. The largest absolute Gasteiger partial charge is 0.497 e. The number of hydrogen-bond donors (Lipinski definition) is 2. The van der Waals surface area contributed by atoms with Gasteiger partial charge in [0, 0.05) is 23.7 Å². The van der Waals surface area contributed by atoms with Crippen molar-refractivity contribution in [1.29, 1.82) is 0 Å². The molecule has 0 aliphatic rings. The summed E-state index contributed by atoms with van der Waals surface area (Å²) < 4.78 is 16.2. The van der Waals surface area contributed by atoms with Crippen molar-refractivity contribution in [3.63, 3.8) is 0 Å². The lowest BCUT2D eigenvalue weighted by molar-refractivity contribution is -0.116. The number of hydrogen-bond acceptors (Lipinski definition) is 6. The number of carbonyl (C=O) groups is 3. The molecule has 8 heteroatoms. The molecule has 0 bridgehead atoms. The highest BCUT2D eigenvalue weighted by Gasteiger charge is 2.25. The quantitative estimate of drug-likeness (QED) is 0.281. The monoisotopic (exact) mass is 554 g/mol. The van der Waals surface area contributed by atoms with E-state index in [2.05, 4.69) is 17.6 Å². The number of methoxy groups -OCH3 is 2. The first kappa shape index (κ1) is 32.7. The smallest absolute Gasteiger partial charge is 0.414 e. The summed E-state index contributed by atoms with van der Waals surface area (Å²) >= 11 is 0. The molecule has 2 N–H and O–H groups in total. The zero-order valence-electron chi connectivity index (χ0n) is 25.5. The predicted molar refractivity (Wildman–Crippen MR) is 159 cm³/mol. The van der Waals surface area contributed by atoms with Crippen molar-refractivity contribution >= 4 is 23.6 Å². The van der Waals surface area contributed by atoms with E-state index in [1.54, 1.807) is 47.1 Å². The molecular formula is C32H46N2O6. The van der Waals surface area contributed by atoms with Gasteiger partial charge in [0.1, 0.15) is 17.1 Å². The molecule has 0 aliphatic heterocycles. The highest BCUT2D eigenvalue weighted by atomic mass is 16.6. The van der Waals surface area contributed by atoms with Crippen LogP contribution >= 0.6 is 0 Å². The Morgan fingerprint density at radius 2 is 1.60 bits per heavy atom. The summed E-state index contributed by atoms with van der Waals surface area (Å²) in [6.45, 7) is 13.4. The van der Waals surface area contributed by atoms with Gasteiger partial charge in [-0.2, -0.15) is 0 Å². The summed E-state index contributed by atoms with van der Waals surface area (Å²) in [5, 5.41) is 5.31. The van der Waals surface area contributed by atoms with Crippen LogP contribution in [-0.4, -0.2) is 37.7 Å². The molecule has 1 atom stereocenters. The van der Waals surface area contributed by atoms with E-state index in [-0.39, 0.29) is 29.2 Å². The number of imide groups is 1. The molecule has 2 rings (SSSR count). The van der Waals surface area contributed by atoms with Crippen LogP contribution in [0.15, 0.2) is 36.4 Å². The fraction of sp³-hybridized carbons (Fsp3) is 0.531. The second-order valence-corrected chi connectivity index (χ2v) is 12.0. The normalized spacial score (nSPS) is 12.3. The van der Waals surface area contributed by atoms with E-state index < -0.39 is 17.6 Å². The first-order valence-electron chi connectivity index (χ1n) is 13.9. The van der Waals surface area contributed by atoms with Crippen LogP contribution in [0.3, 0.4) is 0 Å². The minimum absolute atomic E-state index is 0.0656. The van der Waals surface area contributed by atoms with E-state index >= 15 is 0 Å². The third-order valence-electron chi connectivity index (χ3n) is 6.45. The number of amides is 3. The molecular weight excluding hydrogens is 508 g/mol. The summed E-state index contributed by atoms with van der Waals surface area (Å²) in [6.07, 6.45) is 3.37. The van der Waals surface area contributed by atoms with Gasteiger partial charge in [0.15, 0.2) is 0 Å². The number of nitrogens with one attached hydrogen (secondary N) is 2. The summed E-state index contributed by atoms with van der Waals surface area (Å²) in [6, 6.07) is 10.7. The third-order valence-corrected chi connectivity index (χ3v) is 6.45. The highest BCUT2D eigenvalue weighted by molar-refractivity contribution is 6.04. The average molecular weight is 555 g/mol. The van der Waals surface area contributed by atoms with E-state index in [0.29, 0.717) is 17.2 Å². The van der Waals surface area contributed by atoms with Crippen LogP contribution in [0.25, 0.3) is 0 Å². The van der Waals surface area contributed by atoms with Gasteiger partial charge in [-0.1, -0.05) is 59.1 Å². The van der Waals surface area contributed by atoms with E-state index in [0.717, 1.165) is 36.8 Å². The average Bonchev–Trinajstić information content (AvgIpc) is 2.85. The van der Waals surface area contributed by atoms with Crippen molar-refractivity contribution in [3.8, 4) is 11.5 Å². The van der Waals surface area contributed by atoms with Gasteiger partial charge in [-0.15, -0.1) is 0 Å². The molecule has 8 nitrogen and oxygen atoms in total. The van der Waals surface area contributed by atoms with Crippen LogP contribution in [0.2, 0.25) is 0 Å². The van der Waals surface area contributed by atoms with Gasteiger partial charge >= 0.3 is 6.09 Å². The SMILES string of the molecule is CCCCCC(CC(=O)Nc1cc(C(=O)NC(=O)OC(C)(C)C)ccc1C(C)(C)C)c1ccc(OC)cc1OC. The number of ether oxygens (including phenoxy) is 3. The fourth-order valence-corrected chi connectivity index (χ4v) is 4.50. The zero-order valence-corrected chi connectivity index (χ0v) is 25.5. The van der Waals surface area contributed by atoms with Crippen LogP contribution in [-0.2, 0) is 14.9 Å². The Morgan fingerprint density at radius 1 is 0.900 bits per heavy atom. The first-order valence-corrected chi connectivity index (χ1v) is 13.9. The van der Waals surface area contributed by atoms with Crippen molar-refractivity contribution in [1.82, 2.24) is 5.32 Å². The topological polar surface area (TPSA) is 103 Å². The van der Waals surface area contributed by atoms with Crippen molar-refractivity contribution in [2.24, 2.45) is 0 Å². The van der Waals surface area contributed by atoms with Crippen LogP contribution in [0.4, 0.5) is 10.5 Å². The molecule has 0 spiro atoms. The first-order chi connectivity index (χ1) is 18.7. The number of rotatable bonds is 11. The number of unbranched alkanes of at least 4 members (excludes halogenated alkanes) is 2. The Morgan fingerprint density at radius 3 is 2.17 bits per heavy atom. The molecule has 0 fully saturated rings. The van der Waals surface area contributed by atoms with E-state index in [9.17, 15) is 14.4 Å². The van der Waals surface area contributed by atoms with Crippen LogP contribution in [0.1, 0.15) is 108 Å². The minimum Gasteiger partial charge on any atom is -0.497 e. The van der Waals surface area contributed by atoms with Gasteiger partial charge in [0.05, 0.1) is 14.2 Å². The minimum atomic E-state index is -0.827. The van der Waals surface area contributed by atoms with Gasteiger partial charge in [0.2, 0.25) is 5.91 Å². The number of anilines is 1. The molecule has 0 saturated carbocycles. The van der Waals surface area contributed by atoms with E-state index in [1.165, 1.54) is 0 Å². The van der Waals surface area contributed by atoms with Crippen molar-refractivity contribution in [3.05, 3.63) is 53.1 Å². The van der Waals surface area contributed by atoms with Crippen LogP contribution in [0.5, 0.6) is 11.5 Å². The van der Waals surface area contributed by atoms with Crippen LogP contribution in [0, 0.1) is 0 Å². The Hall–Kier alpha value is -3.55. The summed E-state index contributed by atoms with van der Waals surface area (Å²) in [5.74, 6) is 0.530.